The third-order valence-corrected chi connectivity index (χ3v) is 6.00. The van der Waals surface area contributed by atoms with Gasteiger partial charge in [-0.05, 0) is 65.2 Å². The lowest BCUT2D eigenvalue weighted by molar-refractivity contribution is 0.628. The van der Waals surface area contributed by atoms with Crippen LogP contribution in [0.25, 0.3) is 33.3 Å². The molecule has 0 aliphatic carbocycles. The van der Waals surface area contributed by atoms with Crippen LogP contribution in [-0.2, 0) is 6.42 Å². The zero-order valence-corrected chi connectivity index (χ0v) is 17.3. The van der Waals surface area contributed by atoms with E-state index in [1.807, 2.05) is 30.3 Å². The number of aromatic amines is 1. The van der Waals surface area contributed by atoms with Gasteiger partial charge in [-0.15, -0.1) is 0 Å². The molecule has 4 nitrogen and oxygen atoms in total. The number of nitrogens with zero attached hydrogens (tertiary/aromatic N) is 1. The molecule has 0 saturated carbocycles. The van der Waals surface area contributed by atoms with Gasteiger partial charge >= 0.3 is 0 Å². The second kappa shape index (κ2) is 7.54. The number of pyridine rings is 1. The summed E-state index contributed by atoms with van der Waals surface area (Å²) in [4.78, 5) is 7.78. The molecule has 3 heterocycles. The smallest absolute Gasteiger partial charge is 0.123 e. The van der Waals surface area contributed by atoms with Crippen LogP contribution in [0.5, 0.6) is 0 Å². The van der Waals surface area contributed by atoms with Gasteiger partial charge in [-0.3, -0.25) is 4.98 Å². The summed E-state index contributed by atoms with van der Waals surface area (Å²) >= 11 is 0. The number of hydrogen-bond acceptors (Lipinski definition) is 3. The number of H-pyrrole nitrogens is 1. The maximum atomic E-state index is 13.6. The fourth-order valence-corrected chi connectivity index (χ4v) is 4.55. The molecular formula is C27H21FN4. The van der Waals surface area contributed by atoms with Gasteiger partial charge in [0.15, 0.2) is 0 Å². The predicted octanol–water partition coefficient (Wildman–Crippen LogP) is 6.44. The summed E-state index contributed by atoms with van der Waals surface area (Å²) in [6, 6.07) is 25.3. The Morgan fingerprint density at radius 2 is 1.56 bits per heavy atom. The Balaban J connectivity index is 1.50. The van der Waals surface area contributed by atoms with Crippen molar-refractivity contribution in [2.45, 2.75) is 12.6 Å². The van der Waals surface area contributed by atoms with E-state index in [0.29, 0.717) is 0 Å². The minimum absolute atomic E-state index is 0.104. The zero-order chi connectivity index (χ0) is 21.5. The molecule has 1 atom stereocenters. The molecule has 0 radical (unpaired) electrons. The molecule has 156 valence electrons. The highest BCUT2D eigenvalue weighted by Crippen LogP contribution is 2.46. The maximum absolute atomic E-state index is 13.6. The van der Waals surface area contributed by atoms with Crippen LogP contribution in [0.15, 0.2) is 91.3 Å². The summed E-state index contributed by atoms with van der Waals surface area (Å²) < 4.78 is 13.6. The van der Waals surface area contributed by atoms with Crippen LogP contribution in [0.3, 0.4) is 0 Å². The van der Waals surface area contributed by atoms with Crippen LogP contribution in [-0.4, -0.2) is 16.1 Å². The van der Waals surface area contributed by atoms with Crippen LogP contribution in [0, 0.1) is 5.82 Å². The molecule has 2 aromatic heterocycles. The fraction of sp³-hybridized carbons (Fsp3) is 0.0741. The van der Waals surface area contributed by atoms with E-state index < -0.39 is 0 Å². The van der Waals surface area contributed by atoms with E-state index in [1.165, 1.54) is 17.7 Å². The van der Waals surface area contributed by atoms with Gasteiger partial charge in [0.25, 0.3) is 0 Å². The highest BCUT2D eigenvalue weighted by Gasteiger charge is 2.26. The summed E-state index contributed by atoms with van der Waals surface area (Å²) in [7, 11) is 0. The fourth-order valence-electron chi connectivity index (χ4n) is 4.55. The van der Waals surface area contributed by atoms with Crippen molar-refractivity contribution in [1.29, 1.82) is 0 Å². The first-order valence-electron chi connectivity index (χ1n) is 10.7. The zero-order valence-electron chi connectivity index (χ0n) is 17.3. The van der Waals surface area contributed by atoms with Crippen molar-refractivity contribution < 1.29 is 4.39 Å². The Labute approximate surface area is 185 Å². The Hall–Kier alpha value is -4.12. The number of anilines is 2. The van der Waals surface area contributed by atoms with E-state index in [1.54, 1.807) is 12.4 Å². The number of aromatic nitrogens is 2. The number of nitrogens with one attached hydrogen (secondary N) is 3. The molecule has 0 amide bonds. The lowest BCUT2D eigenvalue weighted by atomic mass is 9.98. The Morgan fingerprint density at radius 3 is 2.34 bits per heavy atom. The summed E-state index contributed by atoms with van der Waals surface area (Å²) in [5, 5.41) is 8.45. The lowest BCUT2D eigenvalue weighted by Gasteiger charge is -2.12. The second-order valence-electron chi connectivity index (χ2n) is 8.06. The Bertz CT molecular complexity index is 1390. The first-order valence-corrected chi connectivity index (χ1v) is 10.7. The maximum Gasteiger partial charge on any atom is 0.123 e. The third-order valence-electron chi connectivity index (χ3n) is 6.00. The van der Waals surface area contributed by atoms with Crippen molar-refractivity contribution in [3.05, 3.63) is 103 Å². The van der Waals surface area contributed by atoms with Gasteiger partial charge in [0.2, 0.25) is 0 Å². The van der Waals surface area contributed by atoms with Gasteiger partial charge in [-0.25, -0.2) is 4.39 Å². The molecule has 0 saturated heterocycles. The van der Waals surface area contributed by atoms with Crippen molar-refractivity contribution in [2.75, 3.05) is 10.6 Å². The first-order chi connectivity index (χ1) is 15.8. The number of benzene rings is 3. The van der Waals surface area contributed by atoms with Crippen molar-refractivity contribution >= 4 is 22.3 Å². The molecule has 3 aromatic carbocycles. The summed E-state index contributed by atoms with van der Waals surface area (Å²) in [5.74, 6) is -0.245. The van der Waals surface area contributed by atoms with Gasteiger partial charge in [0.1, 0.15) is 12.0 Å². The average Bonchev–Trinajstić information content (AvgIpc) is 3.41. The monoisotopic (exact) mass is 420 g/mol. The van der Waals surface area contributed by atoms with Crippen LogP contribution >= 0.6 is 0 Å². The minimum atomic E-state index is -0.245. The normalized spacial score (nSPS) is 14.7. The van der Waals surface area contributed by atoms with Crippen LogP contribution < -0.4 is 10.6 Å². The molecule has 0 spiro atoms. The predicted molar refractivity (Wildman–Crippen MR) is 128 cm³/mol. The summed E-state index contributed by atoms with van der Waals surface area (Å²) in [6.07, 6.45) is 4.58. The van der Waals surface area contributed by atoms with Gasteiger partial charge in [-0.1, -0.05) is 30.3 Å². The van der Waals surface area contributed by atoms with Crippen molar-refractivity contribution in [1.82, 2.24) is 9.97 Å². The van der Waals surface area contributed by atoms with Gasteiger partial charge in [0.05, 0.1) is 17.1 Å². The van der Waals surface area contributed by atoms with E-state index in [4.69, 9.17) is 0 Å². The molecule has 1 aliphatic heterocycles. The van der Waals surface area contributed by atoms with Crippen LogP contribution in [0.1, 0.15) is 5.56 Å². The molecule has 1 aliphatic rings. The van der Waals surface area contributed by atoms with E-state index in [9.17, 15) is 4.39 Å². The number of rotatable bonds is 4. The van der Waals surface area contributed by atoms with Crippen LogP contribution in [0.4, 0.5) is 15.8 Å². The molecule has 0 fully saturated rings. The molecule has 5 aromatic rings. The first kappa shape index (κ1) is 18.6. The van der Waals surface area contributed by atoms with E-state index >= 15 is 0 Å². The highest BCUT2D eigenvalue weighted by atomic mass is 19.1. The van der Waals surface area contributed by atoms with Crippen molar-refractivity contribution in [2.24, 2.45) is 0 Å². The van der Waals surface area contributed by atoms with Crippen LogP contribution in [0.2, 0.25) is 0 Å². The summed E-state index contributed by atoms with van der Waals surface area (Å²) in [5.41, 5.74) is 8.52. The van der Waals surface area contributed by atoms with Gasteiger partial charge < -0.3 is 15.6 Å². The second-order valence-corrected chi connectivity index (χ2v) is 8.06. The molecule has 0 bridgehead atoms. The van der Waals surface area contributed by atoms with Crippen molar-refractivity contribution in [3.63, 3.8) is 0 Å². The molecular weight excluding hydrogens is 399 g/mol. The minimum Gasteiger partial charge on any atom is -0.363 e. The standard InChI is InChI=1S/C27H21FN4/c28-20-8-6-19(7-9-20)26-24(18-12-14-29-15-13-18)25-21(31-26)10-11-22-27(25)32-23(30-22)16-17-4-2-1-3-5-17/h1-15,23,30-32H,16H2. The molecule has 5 heteroatoms. The number of hydrogen-bond donors (Lipinski definition) is 3. The van der Waals surface area contributed by atoms with E-state index in [2.05, 4.69) is 57.0 Å². The Morgan fingerprint density at radius 1 is 0.781 bits per heavy atom. The van der Waals surface area contributed by atoms with Gasteiger partial charge in [0, 0.05) is 35.3 Å². The number of halogens is 1. The third kappa shape index (κ3) is 3.19. The largest absolute Gasteiger partial charge is 0.363 e. The molecule has 32 heavy (non-hydrogen) atoms. The molecule has 3 N–H and O–H groups in total. The van der Waals surface area contributed by atoms with E-state index in [0.717, 1.165) is 51.1 Å². The average molecular weight is 420 g/mol. The SMILES string of the molecule is Fc1ccc(-c2[nH]c3ccc4c(c3c2-c2ccncc2)NC(Cc2ccccc2)N4)cc1. The van der Waals surface area contributed by atoms with Crippen molar-refractivity contribution in [3.8, 4) is 22.4 Å². The molecule has 1 unspecified atom stereocenters. The molecule has 6 rings (SSSR count). The Kier molecular flexibility index (Phi) is 4.39. The topological polar surface area (TPSA) is 52.7 Å². The number of fused-ring (bicyclic) bond motifs is 3. The van der Waals surface area contributed by atoms with E-state index in [-0.39, 0.29) is 12.0 Å². The highest BCUT2D eigenvalue weighted by molar-refractivity contribution is 6.13. The van der Waals surface area contributed by atoms with Gasteiger partial charge in [-0.2, -0.15) is 0 Å². The quantitative estimate of drug-likeness (QED) is 0.313. The lowest BCUT2D eigenvalue weighted by Crippen LogP contribution is -2.24. The summed E-state index contributed by atoms with van der Waals surface area (Å²) in [6.45, 7) is 0.